The minimum absolute atomic E-state index is 0.0305. The van der Waals surface area contributed by atoms with Gasteiger partial charge in [0.05, 0.1) is 12.6 Å². The van der Waals surface area contributed by atoms with E-state index >= 15 is 0 Å². The lowest BCUT2D eigenvalue weighted by atomic mass is 9.93. The number of phenols is 1. The van der Waals surface area contributed by atoms with Gasteiger partial charge >= 0.3 is 0 Å². The van der Waals surface area contributed by atoms with Crippen LogP contribution in [0.15, 0.2) is 48.5 Å². The van der Waals surface area contributed by atoms with E-state index in [4.69, 9.17) is 20.7 Å². The topological polar surface area (TPSA) is 115 Å². The number of nitrogens with two attached hydrogens (primary N) is 1. The van der Waals surface area contributed by atoms with Gasteiger partial charge in [-0.15, -0.1) is 0 Å². The summed E-state index contributed by atoms with van der Waals surface area (Å²) in [4.78, 5) is 21.1. The number of benzene rings is 2. The molecule has 1 unspecified atom stereocenters. The van der Waals surface area contributed by atoms with E-state index in [-0.39, 0.29) is 18.4 Å². The molecule has 0 spiro atoms. The number of rotatable bonds is 6. The Kier molecular flexibility index (Phi) is 6.57. The summed E-state index contributed by atoms with van der Waals surface area (Å²) >= 11 is 0. The van der Waals surface area contributed by atoms with Gasteiger partial charge in [-0.05, 0) is 29.7 Å². The van der Waals surface area contributed by atoms with Crippen molar-refractivity contribution in [2.24, 2.45) is 5.73 Å². The highest BCUT2D eigenvalue weighted by atomic mass is 16.3. The smallest absolute Gasteiger partial charge is 0.231 e. The molecule has 4 N–H and O–H groups in total. The highest BCUT2D eigenvalue weighted by molar-refractivity contribution is 5.61. The SMILES string of the molecule is NCCN1CCN(c2nc(-c3cccc(O)c3)nc(N3CCc4ccccc4C3CO)n2)CC1. The molecule has 0 bridgehead atoms. The first kappa shape index (κ1) is 22.5. The van der Waals surface area contributed by atoms with Crippen LogP contribution in [-0.2, 0) is 6.42 Å². The highest BCUT2D eigenvalue weighted by Crippen LogP contribution is 2.33. The van der Waals surface area contributed by atoms with Crippen LogP contribution in [-0.4, -0.2) is 82.5 Å². The van der Waals surface area contributed by atoms with E-state index in [2.05, 4.69) is 26.8 Å². The first-order valence-corrected chi connectivity index (χ1v) is 11.8. The maximum absolute atomic E-state index is 10.3. The van der Waals surface area contributed by atoms with Crippen molar-refractivity contribution in [1.82, 2.24) is 19.9 Å². The third-order valence-electron chi connectivity index (χ3n) is 6.66. The van der Waals surface area contributed by atoms with Gasteiger partial charge in [0.15, 0.2) is 5.82 Å². The lowest BCUT2D eigenvalue weighted by molar-refractivity contribution is 0.255. The Bertz CT molecular complexity index is 1130. The molecule has 0 saturated carbocycles. The van der Waals surface area contributed by atoms with E-state index < -0.39 is 0 Å². The predicted octanol–water partition coefficient (Wildman–Crippen LogP) is 1.42. The summed E-state index contributed by atoms with van der Waals surface area (Å²) in [5.74, 6) is 1.83. The first-order chi connectivity index (χ1) is 16.7. The number of hydrogen-bond donors (Lipinski definition) is 3. The molecule has 34 heavy (non-hydrogen) atoms. The van der Waals surface area contributed by atoms with Crippen molar-refractivity contribution in [3.63, 3.8) is 0 Å². The van der Waals surface area contributed by atoms with Gasteiger partial charge in [-0.1, -0.05) is 36.4 Å². The van der Waals surface area contributed by atoms with Crippen LogP contribution >= 0.6 is 0 Å². The maximum Gasteiger partial charge on any atom is 0.231 e. The fourth-order valence-corrected chi connectivity index (χ4v) is 4.84. The zero-order valence-electron chi connectivity index (χ0n) is 19.2. The number of aliphatic hydroxyl groups excluding tert-OH is 1. The summed E-state index contributed by atoms with van der Waals surface area (Å²) in [5.41, 5.74) is 8.81. The summed E-state index contributed by atoms with van der Waals surface area (Å²) < 4.78 is 0. The number of nitrogens with zero attached hydrogens (tertiary/aromatic N) is 6. The van der Waals surface area contributed by atoms with Gasteiger partial charge in [-0.2, -0.15) is 15.0 Å². The molecular formula is C25H31N7O2. The molecule has 178 valence electrons. The number of phenolic OH excluding ortho intramolecular Hbond substituents is 1. The Labute approximate surface area is 199 Å². The quantitative estimate of drug-likeness (QED) is 0.501. The second-order valence-corrected chi connectivity index (χ2v) is 8.77. The monoisotopic (exact) mass is 461 g/mol. The van der Waals surface area contributed by atoms with Gasteiger partial charge in [0.1, 0.15) is 5.75 Å². The van der Waals surface area contributed by atoms with E-state index in [1.54, 1.807) is 18.2 Å². The van der Waals surface area contributed by atoms with E-state index in [0.717, 1.165) is 50.3 Å². The van der Waals surface area contributed by atoms with Crippen LogP contribution in [0, 0.1) is 0 Å². The van der Waals surface area contributed by atoms with E-state index in [9.17, 15) is 10.2 Å². The predicted molar refractivity (Wildman–Crippen MR) is 132 cm³/mol. The fourth-order valence-electron chi connectivity index (χ4n) is 4.84. The van der Waals surface area contributed by atoms with Crippen molar-refractivity contribution < 1.29 is 10.2 Å². The molecule has 3 aromatic rings. The molecular weight excluding hydrogens is 430 g/mol. The van der Waals surface area contributed by atoms with Gasteiger partial charge in [-0.25, -0.2) is 0 Å². The maximum atomic E-state index is 10.3. The van der Waals surface area contributed by atoms with Crippen LogP contribution in [0.5, 0.6) is 5.75 Å². The zero-order chi connectivity index (χ0) is 23.5. The number of piperazine rings is 1. The average Bonchev–Trinajstić information content (AvgIpc) is 2.88. The first-order valence-electron chi connectivity index (χ1n) is 11.8. The number of aromatic nitrogens is 3. The van der Waals surface area contributed by atoms with Crippen LogP contribution in [0.3, 0.4) is 0 Å². The van der Waals surface area contributed by atoms with Crippen molar-refractivity contribution in [2.75, 3.05) is 62.2 Å². The third-order valence-corrected chi connectivity index (χ3v) is 6.66. The summed E-state index contributed by atoms with van der Waals surface area (Å²) in [6, 6.07) is 15.0. The normalized spacial score (nSPS) is 18.7. The minimum Gasteiger partial charge on any atom is -0.508 e. The van der Waals surface area contributed by atoms with Gasteiger partial charge in [0, 0.05) is 51.4 Å². The molecule has 0 radical (unpaired) electrons. The van der Waals surface area contributed by atoms with Gasteiger partial charge in [0.2, 0.25) is 11.9 Å². The molecule has 2 aliphatic rings. The van der Waals surface area contributed by atoms with Crippen molar-refractivity contribution in [3.8, 4) is 17.1 Å². The van der Waals surface area contributed by atoms with Crippen molar-refractivity contribution in [2.45, 2.75) is 12.5 Å². The molecule has 2 aromatic carbocycles. The van der Waals surface area contributed by atoms with Crippen LogP contribution in [0.4, 0.5) is 11.9 Å². The molecule has 3 heterocycles. The van der Waals surface area contributed by atoms with E-state index in [1.165, 1.54) is 5.56 Å². The Morgan fingerprint density at radius 1 is 0.912 bits per heavy atom. The van der Waals surface area contributed by atoms with Crippen LogP contribution < -0.4 is 15.5 Å². The van der Waals surface area contributed by atoms with Gasteiger partial charge < -0.3 is 25.7 Å². The summed E-state index contributed by atoms with van der Waals surface area (Å²) in [6.07, 6.45) is 0.854. The molecule has 9 nitrogen and oxygen atoms in total. The molecule has 1 aromatic heterocycles. The fraction of sp³-hybridized carbons (Fsp3) is 0.400. The molecule has 5 rings (SSSR count). The number of anilines is 2. The second-order valence-electron chi connectivity index (χ2n) is 8.77. The summed E-state index contributed by atoms with van der Waals surface area (Å²) in [7, 11) is 0. The summed E-state index contributed by atoms with van der Waals surface area (Å²) in [6.45, 7) is 5.61. The van der Waals surface area contributed by atoms with Crippen LogP contribution in [0.25, 0.3) is 11.4 Å². The van der Waals surface area contributed by atoms with Crippen molar-refractivity contribution >= 4 is 11.9 Å². The molecule has 9 heteroatoms. The largest absolute Gasteiger partial charge is 0.508 e. The molecule has 1 saturated heterocycles. The lowest BCUT2D eigenvalue weighted by Gasteiger charge is -2.37. The Balaban J connectivity index is 1.53. The molecule has 0 aliphatic carbocycles. The number of aromatic hydroxyl groups is 1. The van der Waals surface area contributed by atoms with Crippen LogP contribution in [0.2, 0.25) is 0 Å². The number of fused-ring (bicyclic) bond motifs is 1. The molecule has 1 fully saturated rings. The molecule has 1 atom stereocenters. The van der Waals surface area contributed by atoms with Crippen molar-refractivity contribution in [3.05, 3.63) is 59.7 Å². The average molecular weight is 462 g/mol. The highest BCUT2D eigenvalue weighted by Gasteiger charge is 2.30. The molecule has 0 amide bonds. The van der Waals surface area contributed by atoms with E-state index in [1.807, 2.05) is 18.2 Å². The van der Waals surface area contributed by atoms with Crippen LogP contribution in [0.1, 0.15) is 17.2 Å². The third kappa shape index (κ3) is 4.54. The Hall–Kier alpha value is -3.27. The lowest BCUT2D eigenvalue weighted by Crippen LogP contribution is -2.48. The Morgan fingerprint density at radius 3 is 2.47 bits per heavy atom. The second kappa shape index (κ2) is 9.92. The van der Waals surface area contributed by atoms with Crippen molar-refractivity contribution in [1.29, 1.82) is 0 Å². The van der Waals surface area contributed by atoms with Gasteiger partial charge in [0.25, 0.3) is 0 Å². The minimum atomic E-state index is -0.223. The zero-order valence-corrected chi connectivity index (χ0v) is 19.2. The number of hydrogen-bond acceptors (Lipinski definition) is 9. The number of aliphatic hydroxyl groups is 1. The molecule has 2 aliphatic heterocycles. The van der Waals surface area contributed by atoms with E-state index in [0.29, 0.717) is 30.8 Å². The Morgan fingerprint density at radius 2 is 1.71 bits per heavy atom. The van der Waals surface area contributed by atoms with Gasteiger partial charge in [-0.3, -0.25) is 4.90 Å². The summed E-state index contributed by atoms with van der Waals surface area (Å²) in [5, 5.41) is 20.4. The standard InChI is InChI=1S/C25H31N7O2/c26-9-11-30-12-14-31(15-13-30)24-27-23(19-5-3-6-20(34)16-19)28-25(29-24)32-10-8-18-4-1-2-7-21(18)22(32)17-33/h1-7,16,22,33-34H,8-15,17,26H2.